The van der Waals surface area contributed by atoms with E-state index < -0.39 is 46.8 Å². The highest BCUT2D eigenvalue weighted by atomic mass is 19.2. The van der Waals surface area contributed by atoms with Crippen molar-refractivity contribution in [1.29, 1.82) is 0 Å². The summed E-state index contributed by atoms with van der Waals surface area (Å²) in [6, 6.07) is 32.4. The number of aliphatic hydroxyl groups excluding tert-OH is 1. The van der Waals surface area contributed by atoms with Crippen molar-refractivity contribution in [1.82, 2.24) is 10.2 Å². The van der Waals surface area contributed by atoms with Crippen LogP contribution in [0.1, 0.15) is 70.0 Å². The Morgan fingerprint density at radius 1 is 0.788 bits per heavy atom. The molecule has 0 aromatic heterocycles. The predicted octanol–water partition coefficient (Wildman–Crippen LogP) is 8.71. The summed E-state index contributed by atoms with van der Waals surface area (Å²) in [5, 5.41) is 11.8. The molecule has 1 fully saturated rings. The average molecular weight is 717 g/mol. The lowest BCUT2D eigenvalue weighted by Gasteiger charge is -2.39. The van der Waals surface area contributed by atoms with Crippen molar-refractivity contribution in [3.8, 4) is 11.1 Å². The maximum atomic E-state index is 14.2. The Balaban J connectivity index is 1.20. The number of aliphatic hydroxyl groups is 1. The van der Waals surface area contributed by atoms with E-state index in [1.807, 2.05) is 66.7 Å². The fourth-order valence-electron chi connectivity index (χ4n) is 6.34. The molecule has 4 unspecified atom stereocenters. The van der Waals surface area contributed by atoms with Crippen molar-refractivity contribution < 1.29 is 41.3 Å². The number of carbonyl (C=O) groups is 1. The third-order valence-corrected chi connectivity index (χ3v) is 9.44. The van der Waals surface area contributed by atoms with Gasteiger partial charge in [-0.25, -0.2) is 22.0 Å². The SMILES string of the molecule is CC(c1ccccc1)N(C)CC1CC(c2ccc(CO)cc2)OC(c2ccc(-c3ccccc3CNC(=O)c3c(F)c(F)c(F)c(F)c3F)cc2)O1. The van der Waals surface area contributed by atoms with Crippen LogP contribution in [0, 0.1) is 29.1 Å². The van der Waals surface area contributed by atoms with Crippen LogP contribution >= 0.6 is 0 Å². The van der Waals surface area contributed by atoms with Crippen molar-refractivity contribution in [3.63, 3.8) is 0 Å². The summed E-state index contributed by atoms with van der Waals surface area (Å²) < 4.78 is 82.5. The smallest absolute Gasteiger partial charge is 0.257 e. The van der Waals surface area contributed by atoms with Crippen molar-refractivity contribution in [2.45, 2.75) is 51.0 Å². The minimum Gasteiger partial charge on any atom is -0.392 e. The Kier molecular flexibility index (Phi) is 11.5. The molecule has 270 valence electrons. The zero-order chi connectivity index (χ0) is 36.9. The van der Waals surface area contributed by atoms with Crippen molar-refractivity contribution in [3.05, 3.63) is 166 Å². The number of carbonyl (C=O) groups excluding carboxylic acids is 1. The third kappa shape index (κ3) is 7.93. The molecule has 0 radical (unpaired) electrons. The quantitative estimate of drug-likeness (QED) is 0.0814. The third-order valence-electron chi connectivity index (χ3n) is 9.44. The molecule has 1 saturated heterocycles. The Bertz CT molecular complexity index is 1980. The molecule has 0 saturated carbocycles. The molecule has 1 aliphatic heterocycles. The minimum absolute atomic E-state index is 0.0600. The number of hydrogen-bond acceptors (Lipinski definition) is 5. The number of amides is 1. The summed E-state index contributed by atoms with van der Waals surface area (Å²) in [4.78, 5) is 14.9. The molecular formula is C41H37F5N2O4. The summed E-state index contributed by atoms with van der Waals surface area (Å²) >= 11 is 0. The molecule has 0 aliphatic carbocycles. The molecule has 0 spiro atoms. The fourth-order valence-corrected chi connectivity index (χ4v) is 6.34. The van der Waals surface area contributed by atoms with E-state index in [0.29, 0.717) is 24.1 Å². The molecule has 5 aromatic rings. The maximum Gasteiger partial charge on any atom is 0.257 e. The van der Waals surface area contributed by atoms with Crippen molar-refractivity contribution in [2.24, 2.45) is 0 Å². The minimum atomic E-state index is -2.34. The number of benzene rings is 5. The second-order valence-corrected chi connectivity index (χ2v) is 12.8. The van der Waals surface area contributed by atoms with E-state index >= 15 is 0 Å². The molecule has 6 nitrogen and oxygen atoms in total. The Hall–Kier alpha value is -4.94. The van der Waals surface area contributed by atoms with Crippen molar-refractivity contribution in [2.75, 3.05) is 13.6 Å². The largest absolute Gasteiger partial charge is 0.392 e. The van der Waals surface area contributed by atoms with Crippen LogP contribution in [0.5, 0.6) is 0 Å². The number of rotatable bonds is 11. The van der Waals surface area contributed by atoms with E-state index in [0.717, 1.165) is 22.3 Å². The summed E-state index contributed by atoms with van der Waals surface area (Å²) in [6.07, 6.45) is -0.548. The first-order valence-corrected chi connectivity index (χ1v) is 16.8. The summed E-state index contributed by atoms with van der Waals surface area (Å²) in [5.74, 6) is -12.6. The first-order chi connectivity index (χ1) is 25.0. The lowest BCUT2D eigenvalue weighted by molar-refractivity contribution is -0.253. The second kappa shape index (κ2) is 16.2. The lowest BCUT2D eigenvalue weighted by atomic mass is 9.97. The standard InChI is InChI=1S/C41H37F5N2O4/c1-24(26-8-4-3-5-9-26)48(2)22-31-20-33(28-14-12-25(23-49)13-15-28)52-41(51-31)29-18-16-27(17-19-29)32-11-7-6-10-30(32)21-47-40(50)34-35(42)37(44)39(46)38(45)36(34)43/h3-19,24,31,33,41,49H,20-23H2,1-2H3,(H,47,50). The van der Waals surface area contributed by atoms with Gasteiger partial charge in [-0.15, -0.1) is 0 Å². The van der Waals surface area contributed by atoms with Crippen LogP contribution in [-0.4, -0.2) is 35.6 Å². The summed E-state index contributed by atoms with van der Waals surface area (Å²) in [6.45, 7) is 2.48. The number of likely N-dealkylation sites (N-methyl/N-ethyl adjacent to an activating group) is 1. The highest BCUT2D eigenvalue weighted by molar-refractivity contribution is 5.95. The van der Waals surface area contributed by atoms with Crippen LogP contribution in [0.3, 0.4) is 0 Å². The maximum absolute atomic E-state index is 14.2. The zero-order valence-electron chi connectivity index (χ0n) is 28.5. The number of ether oxygens (including phenoxy) is 2. The van der Waals surface area contributed by atoms with E-state index in [1.165, 1.54) is 5.56 Å². The first-order valence-electron chi connectivity index (χ1n) is 16.8. The van der Waals surface area contributed by atoms with Crippen LogP contribution in [0.15, 0.2) is 103 Å². The van der Waals surface area contributed by atoms with E-state index in [2.05, 4.69) is 36.3 Å². The molecule has 52 heavy (non-hydrogen) atoms. The molecule has 6 rings (SSSR count). The van der Waals surface area contributed by atoms with Gasteiger partial charge in [0.15, 0.2) is 29.6 Å². The fraction of sp³-hybridized carbons (Fsp3) is 0.244. The van der Waals surface area contributed by atoms with E-state index in [-0.39, 0.29) is 31.4 Å². The Morgan fingerprint density at radius 2 is 1.38 bits per heavy atom. The average Bonchev–Trinajstić information content (AvgIpc) is 3.18. The molecule has 1 amide bonds. The van der Waals surface area contributed by atoms with Gasteiger partial charge in [0.2, 0.25) is 5.82 Å². The van der Waals surface area contributed by atoms with Gasteiger partial charge in [-0.3, -0.25) is 9.69 Å². The number of halogens is 5. The normalized spacial score (nSPS) is 18.0. The van der Waals surface area contributed by atoms with Crippen LogP contribution in [-0.2, 0) is 22.6 Å². The second-order valence-electron chi connectivity index (χ2n) is 12.8. The molecule has 4 atom stereocenters. The van der Waals surface area contributed by atoms with Crippen LogP contribution in [0.4, 0.5) is 22.0 Å². The van der Waals surface area contributed by atoms with E-state index in [9.17, 15) is 31.9 Å². The number of hydrogen-bond donors (Lipinski definition) is 2. The molecule has 0 bridgehead atoms. The Morgan fingerprint density at radius 3 is 2.04 bits per heavy atom. The van der Waals surface area contributed by atoms with Gasteiger partial charge in [0.25, 0.3) is 5.91 Å². The highest BCUT2D eigenvalue weighted by Gasteiger charge is 2.34. The van der Waals surface area contributed by atoms with Crippen LogP contribution in [0.25, 0.3) is 11.1 Å². The molecular weight excluding hydrogens is 679 g/mol. The van der Waals surface area contributed by atoms with E-state index in [4.69, 9.17) is 9.47 Å². The van der Waals surface area contributed by atoms with Crippen LogP contribution < -0.4 is 5.32 Å². The lowest BCUT2D eigenvalue weighted by Crippen LogP contribution is -2.38. The number of nitrogens with zero attached hydrogens (tertiary/aromatic N) is 1. The number of nitrogens with one attached hydrogen (secondary N) is 1. The molecule has 5 aromatic carbocycles. The molecule has 1 aliphatic rings. The van der Waals surface area contributed by atoms with Gasteiger partial charge in [0.1, 0.15) is 5.56 Å². The summed E-state index contributed by atoms with van der Waals surface area (Å²) in [7, 11) is 2.06. The first kappa shape index (κ1) is 36.8. The summed E-state index contributed by atoms with van der Waals surface area (Å²) in [5.41, 5.74) is 4.13. The van der Waals surface area contributed by atoms with Gasteiger partial charge in [0, 0.05) is 31.1 Å². The monoisotopic (exact) mass is 716 g/mol. The van der Waals surface area contributed by atoms with Gasteiger partial charge in [-0.1, -0.05) is 103 Å². The van der Waals surface area contributed by atoms with E-state index in [1.54, 1.807) is 24.3 Å². The van der Waals surface area contributed by atoms with Gasteiger partial charge in [-0.2, -0.15) is 0 Å². The topological polar surface area (TPSA) is 71.0 Å². The Labute approximate surface area is 298 Å². The highest BCUT2D eigenvalue weighted by Crippen LogP contribution is 2.39. The van der Waals surface area contributed by atoms with Gasteiger partial charge >= 0.3 is 0 Å². The van der Waals surface area contributed by atoms with Crippen LogP contribution in [0.2, 0.25) is 0 Å². The zero-order valence-corrected chi connectivity index (χ0v) is 28.5. The molecule has 1 heterocycles. The molecule has 2 N–H and O–H groups in total. The molecule has 11 heteroatoms. The predicted molar refractivity (Wildman–Crippen MR) is 185 cm³/mol. The van der Waals surface area contributed by atoms with Gasteiger partial charge < -0.3 is 19.9 Å². The van der Waals surface area contributed by atoms with Gasteiger partial charge in [0.05, 0.1) is 18.8 Å². The van der Waals surface area contributed by atoms with Gasteiger partial charge in [-0.05, 0) is 47.4 Å². The van der Waals surface area contributed by atoms with Crippen molar-refractivity contribution >= 4 is 5.91 Å².